The average molecular weight is 275 g/mol. The maximum atomic E-state index is 12.3. The molecule has 0 aliphatic carbocycles. The van der Waals surface area contributed by atoms with E-state index in [4.69, 9.17) is 0 Å². The van der Waals surface area contributed by atoms with Crippen molar-refractivity contribution < 1.29 is 9.59 Å². The van der Waals surface area contributed by atoms with Crippen molar-refractivity contribution in [3.63, 3.8) is 0 Å². The van der Waals surface area contributed by atoms with Gasteiger partial charge < -0.3 is 9.80 Å². The molecular weight excluding hydrogens is 254 g/mol. The van der Waals surface area contributed by atoms with Crippen LogP contribution in [0.25, 0.3) is 0 Å². The van der Waals surface area contributed by atoms with Crippen molar-refractivity contribution >= 4 is 17.4 Å². The summed E-state index contributed by atoms with van der Waals surface area (Å²) in [6.07, 6.45) is 2.13. The molecule has 0 atom stereocenters. The summed E-state index contributed by atoms with van der Waals surface area (Å²) in [5.74, 6) is 0.128. The predicted octanol–water partition coefficient (Wildman–Crippen LogP) is 1.73. The van der Waals surface area contributed by atoms with Gasteiger partial charge in [0.25, 0.3) is 0 Å². The number of carbonyl (C=O) groups is 2. The molecule has 0 radical (unpaired) electrons. The lowest BCUT2D eigenvalue weighted by Crippen LogP contribution is -2.62. The fourth-order valence-corrected chi connectivity index (χ4v) is 2.56. The zero-order valence-corrected chi connectivity index (χ0v) is 12.5. The molecule has 2 rings (SSSR count). The summed E-state index contributed by atoms with van der Waals surface area (Å²) in [6, 6.07) is 3.61. The van der Waals surface area contributed by atoms with Crippen LogP contribution in [0.3, 0.4) is 0 Å². The molecule has 1 aromatic rings. The van der Waals surface area contributed by atoms with E-state index in [1.165, 1.54) is 0 Å². The molecule has 0 N–H and O–H groups in total. The fraction of sp³-hybridized carbons (Fsp3) is 0.533. The first kappa shape index (κ1) is 14.5. The van der Waals surface area contributed by atoms with Crippen LogP contribution in [0.15, 0.2) is 18.3 Å². The summed E-state index contributed by atoms with van der Waals surface area (Å²) in [5, 5.41) is 0. The molecule has 1 saturated heterocycles. The van der Waals surface area contributed by atoms with Crippen LogP contribution in [-0.4, -0.2) is 47.3 Å². The Kier molecular flexibility index (Phi) is 3.79. The maximum Gasteiger partial charge on any atom is 0.247 e. The van der Waals surface area contributed by atoms with Crippen molar-refractivity contribution in [1.29, 1.82) is 0 Å². The number of amides is 1. The van der Waals surface area contributed by atoms with Gasteiger partial charge in [-0.1, -0.05) is 6.92 Å². The number of nitrogens with zero attached hydrogens (tertiary/aromatic N) is 3. The molecule has 1 aromatic heterocycles. The molecule has 5 nitrogen and oxygen atoms in total. The molecule has 1 aliphatic rings. The topological polar surface area (TPSA) is 53.5 Å². The Bertz CT molecular complexity index is 522. The van der Waals surface area contributed by atoms with Gasteiger partial charge in [0.05, 0.1) is 11.9 Å². The molecule has 0 unspecified atom stereocenters. The quantitative estimate of drug-likeness (QED) is 0.788. The van der Waals surface area contributed by atoms with Gasteiger partial charge in [-0.15, -0.1) is 0 Å². The number of rotatable bonds is 3. The molecule has 108 valence electrons. The van der Waals surface area contributed by atoms with Gasteiger partial charge in [0.2, 0.25) is 5.91 Å². The number of carbonyl (C=O) groups excluding carboxylic acids is 2. The normalized spacial score (nSPS) is 18.3. The van der Waals surface area contributed by atoms with Crippen LogP contribution in [0.5, 0.6) is 0 Å². The first-order valence-electron chi connectivity index (χ1n) is 6.90. The highest BCUT2D eigenvalue weighted by Gasteiger charge is 2.40. The van der Waals surface area contributed by atoms with E-state index in [2.05, 4.69) is 4.98 Å². The lowest BCUT2D eigenvalue weighted by molar-refractivity contribution is -0.136. The Morgan fingerprint density at radius 1 is 1.35 bits per heavy atom. The zero-order chi connectivity index (χ0) is 14.9. The first-order chi connectivity index (χ1) is 9.37. The second-order valence-corrected chi connectivity index (χ2v) is 5.62. The highest BCUT2D eigenvalue weighted by molar-refractivity contribution is 5.94. The SMILES string of the molecule is CCC(=O)c1ccc(N2CCN(C)C(=O)C2(C)C)cn1. The summed E-state index contributed by atoms with van der Waals surface area (Å²) < 4.78 is 0. The second kappa shape index (κ2) is 5.23. The van der Waals surface area contributed by atoms with E-state index in [0.29, 0.717) is 18.7 Å². The van der Waals surface area contributed by atoms with E-state index in [1.807, 2.05) is 38.8 Å². The van der Waals surface area contributed by atoms with Crippen molar-refractivity contribution in [2.45, 2.75) is 32.7 Å². The number of hydrogen-bond donors (Lipinski definition) is 0. The number of pyridine rings is 1. The van der Waals surface area contributed by atoms with Crippen molar-refractivity contribution in [1.82, 2.24) is 9.88 Å². The molecule has 0 saturated carbocycles. The van der Waals surface area contributed by atoms with Gasteiger partial charge in [-0.05, 0) is 26.0 Å². The molecule has 0 spiro atoms. The Labute approximate surface area is 119 Å². The van der Waals surface area contributed by atoms with Crippen LogP contribution in [0.2, 0.25) is 0 Å². The zero-order valence-electron chi connectivity index (χ0n) is 12.5. The smallest absolute Gasteiger partial charge is 0.247 e. The third-order valence-corrected chi connectivity index (χ3v) is 3.87. The van der Waals surface area contributed by atoms with Crippen molar-refractivity contribution in [2.24, 2.45) is 0 Å². The summed E-state index contributed by atoms with van der Waals surface area (Å²) in [5.41, 5.74) is 0.768. The Morgan fingerprint density at radius 2 is 2.05 bits per heavy atom. The maximum absolute atomic E-state index is 12.3. The van der Waals surface area contributed by atoms with Crippen molar-refractivity contribution in [3.05, 3.63) is 24.0 Å². The van der Waals surface area contributed by atoms with Gasteiger partial charge in [0.15, 0.2) is 5.78 Å². The van der Waals surface area contributed by atoms with Crippen LogP contribution >= 0.6 is 0 Å². The number of hydrogen-bond acceptors (Lipinski definition) is 4. The molecule has 5 heteroatoms. The minimum atomic E-state index is -0.592. The van der Waals surface area contributed by atoms with E-state index in [-0.39, 0.29) is 11.7 Å². The van der Waals surface area contributed by atoms with Crippen LogP contribution in [0, 0.1) is 0 Å². The highest BCUT2D eigenvalue weighted by Crippen LogP contribution is 2.28. The molecule has 20 heavy (non-hydrogen) atoms. The largest absolute Gasteiger partial charge is 0.354 e. The molecule has 1 amide bonds. The Morgan fingerprint density at radius 3 is 2.60 bits per heavy atom. The highest BCUT2D eigenvalue weighted by atomic mass is 16.2. The van der Waals surface area contributed by atoms with Crippen LogP contribution in [-0.2, 0) is 4.79 Å². The van der Waals surface area contributed by atoms with E-state index in [1.54, 1.807) is 17.2 Å². The van der Waals surface area contributed by atoms with E-state index >= 15 is 0 Å². The molecule has 0 aromatic carbocycles. The third-order valence-electron chi connectivity index (χ3n) is 3.87. The Balaban J connectivity index is 2.27. The van der Waals surface area contributed by atoms with Crippen molar-refractivity contribution in [3.8, 4) is 0 Å². The van der Waals surface area contributed by atoms with Gasteiger partial charge in [0, 0.05) is 26.6 Å². The monoisotopic (exact) mass is 275 g/mol. The number of Topliss-reactive ketones (excluding diaryl/α,β-unsaturated/α-hetero) is 1. The van der Waals surface area contributed by atoms with Gasteiger partial charge in [-0.25, -0.2) is 0 Å². The predicted molar refractivity (Wildman–Crippen MR) is 77.9 cm³/mol. The number of likely N-dealkylation sites (N-methyl/N-ethyl adjacent to an activating group) is 1. The minimum absolute atomic E-state index is 0.0327. The first-order valence-corrected chi connectivity index (χ1v) is 6.90. The number of piperazine rings is 1. The van der Waals surface area contributed by atoms with Gasteiger partial charge in [-0.2, -0.15) is 0 Å². The lowest BCUT2D eigenvalue weighted by atomic mass is 9.97. The summed E-state index contributed by atoms with van der Waals surface area (Å²) in [6.45, 7) is 7.10. The number of anilines is 1. The lowest BCUT2D eigenvalue weighted by Gasteiger charge is -2.46. The van der Waals surface area contributed by atoms with Gasteiger partial charge >= 0.3 is 0 Å². The van der Waals surface area contributed by atoms with Crippen LogP contribution < -0.4 is 4.90 Å². The summed E-state index contributed by atoms with van der Waals surface area (Å²) in [7, 11) is 1.82. The molecule has 1 fully saturated rings. The van der Waals surface area contributed by atoms with E-state index < -0.39 is 5.54 Å². The van der Waals surface area contributed by atoms with E-state index in [9.17, 15) is 9.59 Å². The third kappa shape index (κ3) is 2.40. The second-order valence-electron chi connectivity index (χ2n) is 5.62. The molecule has 0 bridgehead atoms. The molecular formula is C15H21N3O2. The van der Waals surface area contributed by atoms with Crippen LogP contribution in [0.4, 0.5) is 5.69 Å². The van der Waals surface area contributed by atoms with Gasteiger partial charge in [-0.3, -0.25) is 14.6 Å². The molecule has 1 aliphatic heterocycles. The summed E-state index contributed by atoms with van der Waals surface area (Å²) in [4.78, 5) is 31.9. The van der Waals surface area contributed by atoms with Gasteiger partial charge in [0.1, 0.15) is 11.2 Å². The standard InChI is InChI=1S/C15H21N3O2/c1-5-13(19)12-7-6-11(10-16-12)18-9-8-17(4)14(20)15(18,2)3/h6-7,10H,5,8-9H2,1-4H3. The Hall–Kier alpha value is -1.91. The number of ketones is 1. The number of aromatic nitrogens is 1. The van der Waals surface area contributed by atoms with E-state index in [0.717, 1.165) is 12.2 Å². The fourth-order valence-electron chi connectivity index (χ4n) is 2.56. The average Bonchev–Trinajstić information content (AvgIpc) is 2.44. The molecule has 2 heterocycles. The van der Waals surface area contributed by atoms with Crippen LogP contribution in [0.1, 0.15) is 37.7 Å². The van der Waals surface area contributed by atoms with Crippen molar-refractivity contribution in [2.75, 3.05) is 25.0 Å². The summed E-state index contributed by atoms with van der Waals surface area (Å²) >= 11 is 0. The minimum Gasteiger partial charge on any atom is -0.354 e.